The highest BCUT2D eigenvalue weighted by molar-refractivity contribution is 5.34. The molecule has 0 amide bonds. The van der Waals surface area contributed by atoms with Gasteiger partial charge in [0.1, 0.15) is 0 Å². The highest BCUT2D eigenvalue weighted by atomic mass is 16.1. The maximum Gasteiger partial charge on any atom is 0.250 e. The van der Waals surface area contributed by atoms with E-state index in [4.69, 9.17) is 0 Å². The number of pyridine rings is 1. The number of aromatic nitrogens is 3. The molecule has 1 fully saturated rings. The summed E-state index contributed by atoms with van der Waals surface area (Å²) in [6.45, 7) is 5.88. The van der Waals surface area contributed by atoms with Gasteiger partial charge >= 0.3 is 0 Å². The molecule has 5 nitrogen and oxygen atoms in total. The second-order valence-electron chi connectivity index (χ2n) is 6.12. The first-order valence-electron chi connectivity index (χ1n) is 7.77. The van der Waals surface area contributed by atoms with Crippen molar-refractivity contribution in [3.8, 4) is 0 Å². The first-order chi connectivity index (χ1) is 10.5. The van der Waals surface area contributed by atoms with Gasteiger partial charge in [-0.15, -0.1) is 0 Å². The van der Waals surface area contributed by atoms with Crippen molar-refractivity contribution in [1.29, 1.82) is 0 Å². The first-order valence-corrected chi connectivity index (χ1v) is 7.77. The second-order valence-corrected chi connectivity index (χ2v) is 6.12. The van der Waals surface area contributed by atoms with Crippen molar-refractivity contribution in [3.05, 3.63) is 51.7 Å². The number of aryl methyl sites for hydroxylation is 3. The zero-order valence-corrected chi connectivity index (χ0v) is 13.4. The minimum absolute atomic E-state index is 0.0672. The van der Waals surface area contributed by atoms with Crippen LogP contribution in [-0.4, -0.2) is 27.6 Å². The highest BCUT2D eigenvalue weighted by Crippen LogP contribution is 2.28. The molecule has 0 saturated carbocycles. The average Bonchev–Trinajstić information content (AvgIpc) is 2.49. The molecule has 3 heterocycles. The molecule has 0 aliphatic carbocycles. The summed E-state index contributed by atoms with van der Waals surface area (Å²) in [6, 6.07) is 5.83. The van der Waals surface area contributed by atoms with Gasteiger partial charge in [0.25, 0.3) is 5.56 Å². The van der Waals surface area contributed by atoms with Crippen LogP contribution in [0.2, 0.25) is 0 Å². The van der Waals surface area contributed by atoms with Crippen molar-refractivity contribution in [2.45, 2.75) is 32.6 Å². The van der Waals surface area contributed by atoms with Gasteiger partial charge in [0.15, 0.2) is 0 Å². The largest absolute Gasteiger partial charge is 0.341 e. The average molecular weight is 298 g/mol. The van der Waals surface area contributed by atoms with E-state index in [0.29, 0.717) is 5.92 Å². The Kier molecular flexibility index (Phi) is 3.96. The molecule has 0 radical (unpaired) electrons. The van der Waals surface area contributed by atoms with Crippen LogP contribution in [0.5, 0.6) is 0 Å². The van der Waals surface area contributed by atoms with Gasteiger partial charge in [0, 0.05) is 43.8 Å². The molecular formula is C17H22N4O. The Balaban J connectivity index is 1.72. The van der Waals surface area contributed by atoms with Crippen LogP contribution in [0.4, 0.5) is 5.95 Å². The normalized spacial score (nSPS) is 16.0. The summed E-state index contributed by atoms with van der Waals surface area (Å²) >= 11 is 0. The van der Waals surface area contributed by atoms with Gasteiger partial charge < -0.3 is 9.47 Å². The molecule has 0 aromatic carbocycles. The van der Waals surface area contributed by atoms with Gasteiger partial charge in [0.05, 0.1) is 0 Å². The fourth-order valence-electron chi connectivity index (χ4n) is 3.08. The van der Waals surface area contributed by atoms with E-state index in [9.17, 15) is 4.79 Å². The van der Waals surface area contributed by atoms with E-state index in [1.165, 1.54) is 0 Å². The van der Waals surface area contributed by atoms with Crippen LogP contribution in [0.25, 0.3) is 0 Å². The third-order valence-electron chi connectivity index (χ3n) is 4.35. The van der Waals surface area contributed by atoms with E-state index < -0.39 is 0 Å². The number of piperidine rings is 1. The van der Waals surface area contributed by atoms with Crippen molar-refractivity contribution >= 4 is 5.95 Å². The van der Waals surface area contributed by atoms with Gasteiger partial charge in [-0.2, -0.15) is 0 Å². The lowest BCUT2D eigenvalue weighted by Crippen LogP contribution is -2.34. The lowest BCUT2D eigenvalue weighted by atomic mass is 9.90. The van der Waals surface area contributed by atoms with Crippen LogP contribution < -0.4 is 10.5 Å². The zero-order valence-electron chi connectivity index (χ0n) is 13.4. The fourth-order valence-corrected chi connectivity index (χ4v) is 3.08. The maximum absolute atomic E-state index is 11.8. The first kappa shape index (κ1) is 14.8. The Hall–Kier alpha value is -2.17. The number of hydrogen-bond donors (Lipinski definition) is 0. The summed E-state index contributed by atoms with van der Waals surface area (Å²) in [4.78, 5) is 23.1. The van der Waals surface area contributed by atoms with Crippen LogP contribution in [-0.2, 0) is 7.05 Å². The minimum Gasteiger partial charge on any atom is -0.341 e. The number of hydrogen-bond acceptors (Lipinski definition) is 4. The zero-order chi connectivity index (χ0) is 15.7. The van der Waals surface area contributed by atoms with E-state index in [1.54, 1.807) is 17.7 Å². The summed E-state index contributed by atoms with van der Waals surface area (Å²) in [6.07, 6.45) is 3.92. The lowest BCUT2D eigenvalue weighted by molar-refractivity contribution is 0.497. The number of rotatable bonds is 2. The van der Waals surface area contributed by atoms with Crippen molar-refractivity contribution in [2.75, 3.05) is 18.0 Å². The van der Waals surface area contributed by atoms with Crippen molar-refractivity contribution in [3.63, 3.8) is 0 Å². The van der Waals surface area contributed by atoms with Gasteiger partial charge in [0.2, 0.25) is 5.95 Å². The van der Waals surface area contributed by atoms with Crippen LogP contribution in [0.15, 0.2) is 29.2 Å². The summed E-state index contributed by atoms with van der Waals surface area (Å²) in [5.74, 6) is 1.29. The third-order valence-corrected chi connectivity index (χ3v) is 4.35. The van der Waals surface area contributed by atoms with Crippen LogP contribution in [0.1, 0.15) is 35.7 Å². The second kappa shape index (κ2) is 5.91. The van der Waals surface area contributed by atoms with E-state index >= 15 is 0 Å². The maximum atomic E-state index is 11.8. The standard InChI is InChI=1S/C17H22N4O/c1-12-10-13(2)19-17(18-12)21-8-5-14(6-9-21)15-4-7-20(3)16(22)11-15/h4,7,10-11,14H,5-6,8-9H2,1-3H3. The van der Waals surface area contributed by atoms with Crippen molar-refractivity contribution in [1.82, 2.24) is 14.5 Å². The lowest BCUT2D eigenvalue weighted by Gasteiger charge is -2.32. The quantitative estimate of drug-likeness (QED) is 0.852. The summed E-state index contributed by atoms with van der Waals surface area (Å²) in [5.41, 5.74) is 3.24. The highest BCUT2D eigenvalue weighted by Gasteiger charge is 2.22. The molecule has 0 atom stereocenters. The van der Waals surface area contributed by atoms with Crippen molar-refractivity contribution < 1.29 is 0 Å². The monoisotopic (exact) mass is 298 g/mol. The fraction of sp³-hybridized carbons (Fsp3) is 0.471. The molecule has 1 aliphatic heterocycles. The van der Waals surface area contributed by atoms with Crippen molar-refractivity contribution in [2.24, 2.45) is 7.05 Å². The van der Waals surface area contributed by atoms with Gasteiger partial charge in [-0.3, -0.25) is 4.79 Å². The van der Waals surface area contributed by atoms with E-state index in [1.807, 2.05) is 26.1 Å². The van der Waals surface area contributed by atoms with E-state index in [0.717, 1.165) is 48.8 Å². The molecule has 116 valence electrons. The van der Waals surface area contributed by atoms with Gasteiger partial charge in [-0.25, -0.2) is 9.97 Å². The topological polar surface area (TPSA) is 51.0 Å². The molecule has 1 aliphatic rings. The Labute approximate surface area is 130 Å². The van der Waals surface area contributed by atoms with Crippen LogP contribution in [0, 0.1) is 13.8 Å². The molecule has 0 unspecified atom stereocenters. The molecule has 5 heteroatoms. The summed E-state index contributed by atoms with van der Waals surface area (Å²) in [7, 11) is 1.78. The minimum atomic E-state index is 0.0672. The molecule has 0 N–H and O–H groups in total. The molecule has 2 aromatic rings. The summed E-state index contributed by atoms with van der Waals surface area (Å²) in [5, 5.41) is 0. The number of anilines is 1. The summed E-state index contributed by atoms with van der Waals surface area (Å²) < 4.78 is 1.61. The van der Waals surface area contributed by atoms with Gasteiger partial charge in [-0.1, -0.05) is 0 Å². The molecule has 22 heavy (non-hydrogen) atoms. The van der Waals surface area contributed by atoms with E-state index in [-0.39, 0.29) is 5.56 Å². The number of nitrogens with zero attached hydrogens (tertiary/aromatic N) is 4. The Morgan fingerprint density at radius 1 is 1.09 bits per heavy atom. The molecular weight excluding hydrogens is 276 g/mol. The van der Waals surface area contributed by atoms with Crippen LogP contribution in [0.3, 0.4) is 0 Å². The predicted octanol–water partition coefficient (Wildman–Crippen LogP) is 2.18. The van der Waals surface area contributed by atoms with Gasteiger partial charge in [-0.05, 0) is 50.3 Å². The molecule has 2 aromatic heterocycles. The van der Waals surface area contributed by atoms with Crippen LogP contribution >= 0.6 is 0 Å². The third kappa shape index (κ3) is 3.03. The molecule has 0 spiro atoms. The molecule has 1 saturated heterocycles. The smallest absolute Gasteiger partial charge is 0.250 e. The van der Waals surface area contributed by atoms with E-state index in [2.05, 4.69) is 20.9 Å². The SMILES string of the molecule is Cc1cc(C)nc(N2CCC(c3ccn(C)c(=O)c3)CC2)n1. The Morgan fingerprint density at radius 2 is 1.73 bits per heavy atom. The Morgan fingerprint density at radius 3 is 2.32 bits per heavy atom. The molecule has 0 bridgehead atoms. The molecule has 3 rings (SSSR count). The predicted molar refractivity (Wildman–Crippen MR) is 87.4 cm³/mol. The Bertz CT molecular complexity index is 709.